The SMILES string of the molecule is CCS(=O)(=O)CC(C)N(C)C1CCCN(C(=O)OC(C)(C)C)C1. The molecule has 1 rings (SSSR count). The van der Waals surface area contributed by atoms with Gasteiger partial charge in [0.25, 0.3) is 0 Å². The van der Waals surface area contributed by atoms with Crippen LogP contribution < -0.4 is 0 Å². The van der Waals surface area contributed by atoms with E-state index in [1.807, 2.05) is 34.7 Å². The van der Waals surface area contributed by atoms with E-state index < -0.39 is 15.4 Å². The molecule has 23 heavy (non-hydrogen) atoms. The Morgan fingerprint density at radius 1 is 1.39 bits per heavy atom. The largest absolute Gasteiger partial charge is 0.444 e. The van der Waals surface area contributed by atoms with Crippen LogP contribution in [0.15, 0.2) is 0 Å². The zero-order valence-corrected chi connectivity index (χ0v) is 16.1. The zero-order chi connectivity index (χ0) is 17.8. The number of ether oxygens (including phenoxy) is 1. The molecule has 1 heterocycles. The molecule has 0 radical (unpaired) electrons. The molecule has 6 nitrogen and oxygen atoms in total. The van der Waals surface area contributed by atoms with Crippen molar-refractivity contribution in [3.8, 4) is 0 Å². The maximum Gasteiger partial charge on any atom is 0.410 e. The van der Waals surface area contributed by atoms with Gasteiger partial charge < -0.3 is 9.64 Å². The topological polar surface area (TPSA) is 66.9 Å². The minimum Gasteiger partial charge on any atom is -0.444 e. The zero-order valence-electron chi connectivity index (χ0n) is 15.3. The van der Waals surface area contributed by atoms with Crippen molar-refractivity contribution in [3.05, 3.63) is 0 Å². The van der Waals surface area contributed by atoms with Crippen LogP contribution in [0.1, 0.15) is 47.5 Å². The monoisotopic (exact) mass is 348 g/mol. The molecule has 136 valence electrons. The quantitative estimate of drug-likeness (QED) is 0.761. The molecule has 0 aromatic heterocycles. The van der Waals surface area contributed by atoms with E-state index >= 15 is 0 Å². The summed E-state index contributed by atoms with van der Waals surface area (Å²) in [5.74, 6) is 0.322. The lowest BCUT2D eigenvalue weighted by molar-refractivity contribution is 0.0105. The second-order valence-corrected chi connectivity index (χ2v) is 9.83. The van der Waals surface area contributed by atoms with Gasteiger partial charge in [-0.1, -0.05) is 6.92 Å². The minimum absolute atomic E-state index is 0.0662. The van der Waals surface area contributed by atoms with Gasteiger partial charge in [0.05, 0.1) is 5.75 Å². The van der Waals surface area contributed by atoms with E-state index in [1.54, 1.807) is 11.8 Å². The number of hydrogen-bond acceptors (Lipinski definition) is 5. The highest BCUT2D eigenvalue weighted by Gasteiger charge is 2.31. The van der Waals surface area contributed by atoms with Crippen LogP contribution in [0.5, 0.6) is 0 Å². The molecule has 2 unspecified atom stereocenters. The first-order valence-corrected chi connectivity index (χ1v) is 10.2. The van der Waals surface area contributed by atoms with Gasteiger partial charge in [-0.3, -0.25) is 4.90 Å². The molecule has 0 bridgehead atoms. The Balaban J connectivity index is 2.65. The average Bonchev–Trinajstić information content (AvgIpc) is 2.44. The van der Waals surface area contributed by atoms with E-state index in [2.05, 4.69) is 4.90 Å². The molecular formula is C16H32N2O4S. The van der Waals surface area contributed by atoms with Crippen LogP contribution in [-0.4, -0.2) is 73.6 Å². The third-order valence-corrected chi connectivity index (χ3v) is 6.12. The maximum atomic E-state index is 12.2. The van der Waals surface area contributed by atoms with Crippen molar-refractivity contribution < 1.29 is 17.9 Å². The third-order valence-electron chi connectivity index (χ3n) is 4.25. The average molecular weight is 349 g/mol. The van der Waals surface area contributed by atoms with Gasteiger partial charge in [-0.15, -0.1) is 0 Å². The van der Waals surface area contributed by atoms with Crippen LogP contribution in [0, 0.1) is 0 Å². The Labute approximate surface area is 141 Å². The van der Waals surface area contributed by atoms with Crippen molar-refractivity contribution in [2.75, 3.05) is 31.6 Å². The molecule has 0 aliphatic carbocycles. The lowest BCUT2D eigenvalue weighted by atomic mass is 10.0. The molecule has 7 heteroatoms. The molecule has 0 N–H and O–H groups in total. The number of carbonyl (C=O) groups excluding carboxylic acids is 1. The number of nitrogens with zero attached hydrogens (tertiary/aromatic N) is 2. The molecule has 1 fully saturated rings. The van der Waals surface area contributed by atoms with Crippen LogP contribution in [0.25, 0.3) is 0 Å². The number of hydrogen-bond donors (Lipinski definition) is 0. The fourth-order valence-electron chi connectivity index (χ4n) is 2.74. The summed E-state index contributed by atoms with van der Waals surface area (Å²) in [6.07, 6.45) is 1.58. The number of piperidine rings is 1. The Hall–Kier alpha value is -0.820. The lowest BCUT2D eigenvalue weighted by Crippen LogP contribution is -2.52. The third kappa shape index (κ3) is 6.67. The fraction of sp³-hybridized carbons (Fsp3) is 0.938. The number of amides is 1. The highest BCUT2D eigenvalue weighted by molar-refractivity contribution is 7.91. The summed E-state index contributed by atoms with van der Waals surface area (Å²) in [6, 6.07) is 0.0989. The van der Waals surface area contributed by atoms with Crippen LogP contribution in [0.3, 0.4) is 0 Å². The first kappa shape index (κ1) is 20.2. The van der Waals surface area contributed by atoms with E-state index in [1.165, 1.54) is 0 Å². The highest BCUT2D eigenvalue weighted by Crippen LogP contribution is 2.20. The van der Waals surface area contributed by atoms with Crippen molar-refractivity contribution in [2.24, 2.45) is 0 Å². The summed E-state index contributed by atoms with van der Waals surface area (Å²) >= 11 is 0. The van der Waals surface area contributed by atoms with Crippen LogP contribution in [0.2, 0.25) is 0 Å². The summed E-state index contributed by atoms with van der Waals surface area (Å²) in [4.78, 5) is 16.0. The number of carbonyl (C=O) groups is 1. The summed E-state index contributed by atoms with van der Waals surface area (Å²) in [5, 5.41) is 0. The fourth-order valence-corrected chi connectivity index (χ4v) is 3.95. The summed E-state index contributed by atoms with van der Waals surface area (Å²) in [6.45, 7) is 10.5. The maximum absolute atomic E-state index is 12.2. The van der Waals surface area contributed by atoms with Crippen LogP contribution >= 0.6 is 0 Å². The smallest absolute Gasteiger partial charge is 0.410 e. The Bertz CT molecular complexity index is 499. The van der Waals surface area contributed by atoms with Crippen molar-refractivity contribution in [3.63, 3.8) is 0 Å². The normalized spacial score (nSPS) is 21.3. The van der Waals surface area contributed by atoms with Gasteiger partial charge in [-0.2, -0.15) is 0 Å². The molecule has 0 aromatic carbocycles. The number of sulfone groups is 1. The Morgan fingerprint density at radius 2 is 2.00 bits per heavy atom. The first-order valence-electron chi connectivity index (χ1n) is 8.35. The predicted octanol–water partition coefficient (Wildman–Crippen LogP) is 2.14. The minimum atomic E-state index is -3.00. The molecular weight excluding hydrogens is 316 g/mol. The second-order valence-electron chi connectivity index (χ2n) is 7.44. The van der Waals surface area contributed by atoms with Crippen molar-refractivity contribution in [1.29, 1.82) is 0 Å². The van der Waals surface area contributed by atoms with Crippen LogP contribution in [-0.2, 0) is 14.6 Å². The molecule has 0 saturated carbocycles. The number of likely N-dealkylation sites (N-methyl/N-ethyl adjacent to an activating group) is 1. The van der Waals surface area contributed by atoms with E-state index in [-0.39, 0.29) is 29.7 Å². The molecule has 1 saturated heterocycles. The van der Waals surface area contributed by atoms with Gasteiger partial charge in [0, 0.05) is 30.9 Å². The van der Waals surface area contributed by atoms with Crippen molar-refractivity contribution >= 4 is 15.9 Å². The van der Waals surface area contributed by atoms with Gasteiger partial charge in [0.2, 0.25) is 0 Å². The summed E-state index contributed by atoms with van der Waals surface area (Å²) < 4.78 is 29.1. The number of likely N-dealkylation sites (tertiary alicyclic amines) is 1. The van der Waals surface area contributed by atoms with Crippen molar-refractivity contribution in [2.45, 2.75) is 65.1 Å². The second kappa shape index (κ2) is 7.83. The highest BCUT2D eigenvalue weighted by atomic mass is 32.2. The molecule has 0 spiro atoms. The van der Waals surface area contributed by atoms with E-state index in [0.717, 1.165) is 12.8 Å². The predicted molar refractivity (Wildman–Crippen MR) is 92.4 cm³/mol. The molecule has 1 aliphatic heterocycles. The van der Waals surface area contributed by atoms with Gasteiger partial charge in [-0.05, 0) is 47.6 Å². The Morgan fingerprint density at radius 3 is 2.52 bits per heavy atom. The van der Waals surface area contributed by atoms with E-state index in [0.29, 0.717) is 13.1 Å². The number of rotatable bonds is 5. The molecule has 2 atom stereocenters. The van der Waals surface area contributed by atoms with Crippen molar-refractivity contribution in [1.82, 2.24) is 9.80 Å². The van der Waals surface area contributed by atoms with E-state index in [4.69, 9.17) is 4.74 Å². The Kier molecular flexibility index (Phi) is 6.89. The van der Waals surface area contributed by atoms with E-state index in [9.17, 15) is 13.2 Å². The first-order chi connectivity index (χ1) is 10.4. The molecule has 1 amide bonds. The van der Waals surface area contributed by atoms with Gasteiger partial charge in [-0.25, -0.2) is 13.2 Å². The molecule has 1 aliphatic rings. The molecule has 0 aromatic rings. The lowest BCUT2D eigenvalue weighted by Gasteiger charge is -2.40. The van der Waals surface area contributed by atoms with Crippen LogP contribution in [0.4, 0.5) is 4.79 Å². The summed E-state index contributed by atoms with van der Waals surface area (Å²) in [5.41, 5.74) is -0.502. The van der Waals surface area contributed by atoms with Gasteiger partial charge in [0.1, 0.15) is 5.60 Å². The summed E-state index contributed by atoms with van der Waals surface area (Å²) in [7, 11) is -1.06. The van der Waals surface area contributed by atoms with Gasteiger partial charge >= 0.3 is 6.09 Å². The van der Waals surface area contributed by atoms with Gasteiger partial charge in [0.15, 0.2) is 9.84 Å². The standard InChI is InChI=1S/C16H32N2O4S/c1-7-23(20,21)12-13(2)17(6)14-9-8-10-18(11-14)15(19)22-16(3,4)5/h13-14H,7-12H2,1-6H3.